The van der Waals surface area contributed by atoms with Gasteiger partial charge in [-0.05, 0) is 50.2 Å². The quantitative estimate of drug-likeness (QED) is 0.760. The second-order valence-electron chi connectivity index (χ2n) is 4.76. The molecule has 1 aliphatic heterocycles. The first kappa shape index (κ1) is 13.7. The monoisotopic (exact) mass is 262 g/mol. The zero-order valence-electron chi connectivity index (χ0n) is 11.4. The molecule has 0 atom stereocenters. The van der Waals surface area contributed by atoms with E-state index >= 15 is 0 Å². The van der Waals surface area contributed by atoms with Gasteiger partial charge >= 0.3 is 6.03 Å². The number of carbonyl (C=O) groups excluding carboxylic acids is 1. The Kier molecular flexibility index (Phi) is 5.03. The number of likely N-dealkylation sites (tertiary alicyclic amines) is 1. The lowest BCUT2D eigenvalue weighted by molar-refractivity contribution is 0.249. The fourth-order valence-corrected chi connectivity index (χ4v) is 2.23. The minimum absolute atomic E-state index is 0.142. The van der Waals surface area contributed by atoms with Crippen molar-refractivity contribution in [2.45, 2.75) is 12.8 Å². The SMILES string of the molecule is CNc1ccc(NC(=O)NCCN2CCCC2)cc1. The predicted molar refractivity (Wildman–Crippen MR) is 78.7 cm³/mol. The van der Waals surface area contributed by atoms with Crippen molar-refractivity contribution >= 4 is 17.4 Å². The van der Waals surface area contributed by atoms with Crippen LogP contribution in [0.5, 0.6) is 0 Å². The second-order valence-corrected chi connectivity index (χ2v) is 4.76. The van der Waals surface area contributed by atoms with Crippen LogP contribution in [0.4, 0.5) is 16.2 Å². The molecule has 3 N–H and O–H groups in total. The van der Waals surface area contributed by atoms with E-state index in [1.165, 1.54) is 12.8 Å². The number of nitrogens with one attached hydrogen (secondary N) is 3. The zero-order valence-corrected chi connectivity index (χ0v) is 11.4. The molecule has 104 valence electrons. The molecule has 2 rings (SSSR count). The minimum atomic E-state index is -0.142. The van der Waals surface area contributed by atoms with Crippen molar-refractivity contribution in [2.24, 2.45) is 0 Å². The summed E-state index contributed by atoms with van der Waals surface area (Å²) in [6.07, 6.45) is 2.56. The maximum Gasteiger partial charge on any atom is 0.319 e. The maximum atomic E-state index is 11.7. The van der Waals surface area contributed by atoms with E-state index in [9.17, 15) is 4.79 Å². The van der Waals surface area contributed by atoms with Gasteiger partial charge < -0.3 is 20.9 Å². The first-order valence-corrected chi connectivity index (χ1v) is 6.83. The normalized spacial score (nSPS) is 15.2. The number of nitrogens with zero attached hydrogens (tertiary/aromatic N) is 1. The Bertz CT molecular complexity index is 398. The van der Waals surface area contributed by atoms with Crippen LogP contribution in [0, 0.1) is 0 Å². The molecular weight excluding hydrogens is 240 g/mol. The van der Waals surface area contributed by atoms with Crippen LogP contribution in [-0.2, 0) is 0 Å². The Hall–Kier alpha value is -1.75. The number of benzene rings is 1. The molecule has 0 spiro atoms. The number of hydrogen-bond donors (Lipinski definition) is 3. The van der Waals surface area contributed by atoms with Crippen molar-refractivity contribution < 1.29 is 4.79 Å². The van der Waals surface area contributed by atoms with E-state index in [4.69, 9.17) is 0 Å². The van der Waals surface area contributed by atoms with Crippen molar-refractivity contribution in [3.05, 3.63) is 24.3 Å². The smallest absolute Gasteiger partial charge is 0.319 e. The van der Waals surface area contributed by atoms with Crippen molar-refractivity contribution in [1.82, 2.24) is 10.2 Å². The molecule has 19 heavy (non-hydrogen) atoms. The van der Waals surface area contributed by atoms with Crippen molar-refractivity contribution in [1.29, 1.82) is 0 Å². The fourth-order valence-electron chi connectivity index (χ4n) is 2.23. The molecule has 5 heteroatoms. The molecule has 1 fully saturated rings. The predicted octanol–water partition coefficient (Wildman–Crippen LogP) is 1.95. The maximum absolute atomic E-state index is 11.7. The standard InChI is InChI=1S/C14H22N4O/c1-15-12-4-6-13(7-5-12)17-14(19)16-8-11-18-9-2-3-10-18/h4-7,15H,2-3,8-11H2,1H3,(H2,16,17,19). The molecule has 1 heterocycles. The number of amides is 2. The van der Waals surface area contributed by atoms with Gasteiger partial charge in [-0.3, -0.25) is 0 Å². The minimum Gasteiger partial charge on any atom is -0.388 e. The highest BCUT2D eigenvalue weighted by atomic mass is 16.2. The van der Waals surface area contributed by atoms with Gasteiger partial charge in [-0.1, -0.05) is 0 Å². The molecule has 1 aromatic carbocycles. The largest absolute Gasteiger partial charge is 0.388 e. The average Bonchev–Trinajstić information content (AvgIpc) is 2.93. The molecule has 2 amide bonds. The average molecular weight is 262 g/mol. The molecule has 1 aromatic rings. The summed E-state index contributed by atoms with van der Waals surface area (Å²) in [6, 6.07) is 7.48. The summed E-state index contributed by atoms with van der Waals surface area (Å²) in [4.78, 5) is 14.1. The van der Waals surface area contributed by atoms with Crippen LogP contribution >= 0.6 is 0 Å². The van der Waals surface area contributed by atoms with Crippen molar-refractivity contribution in [2.75, 3.05) is 43.9 Å². The van der Waals surface area contributed by atoms with Gasteiger partial charge in [0.05, 0.1) is 0 Å². The molecule has 0 aliphatic carbocycles. The lowest BCUT2D eigenvalue weighted by Crippen LogP contribution is -2.35. The zero-order chi connectivity index (χ0) is 13.5. The molecular formula is C14H22N4O. The van der Waals surface area contributed by atoms with Gasteiger partial charge in [0.25, 0.3) is 0 Å². The number of anilines is 2. The molecule has 0 radical (unpaired) electrons. The van der Waals surface area contributed by atoms with E-state index in [0.29, 0.717) is 6.54 Å². The Labute approximate surface area is 114 Å². The fraction of sp³-hybridized carbons (Fsp3) is 0.500. The summed E-state index contributed by atoms with van der Waals surface area (Å²) in [5.41, 5.74) is 1.83. The summed E-state index contributed by atoms with van der Waals surface area (Å²) in [5, 5.41) is 8.74. The highest BCUT2D eigenvalue weighted by molar-refractivity contribution is 5.89. The van der Waals surface area contributed by atoms with Crippen LogP contribution in [0.25, 0.3) is 0 Å². The second kappa shape index (κ2) is 6.99. The van der Waals surface area contributed by atoms with E-state index in [1.807, 2.05) is 31.3 Å². The van der Waals surface area contributed by atoms with Crippen LogP contribution in [0.3, 0.4) is 0 Å². The number of rotatable bonds is 5. The van der Waals surface area contributed by atoms with E-state index < -0.39 is 0 Å². The Morgan fingerprint density at radius 3 is 2.42 bits per heavy atom. The van der Waals surface area contributed by atoms with Gasteiger partial charge in [-0.2, -0.15) is 0 Å². The molecule has 0 saturated carbocycles. The van der Waals surface area contributed by atoms with E-state index in [0.717, 1.165) is 31.0 Å². The van der Waals surface area contributed by atoms with Crippen molar-refractivity contribution in [3.63, 3.8) is 0 Å². The summed E-state index contributed by atoms with van der Waals surface area (Å²) >= 11 is 0. The highest BCUT2D eigenvalue weighted by Crippen LogP contribution is 2.12. The van der Waals surface area contributed by atoms with Gasteiger partial charge in [0.15, 0.2) is 0 Å². The number of carbonyl (C=O) groups is 1. The molecule has 1 saturated heterocycles. The number of hydrogen-bond acceptors (Lipinski definition) is 3. The van der Waals surface area contributed by atoms with Gasteiger partial charge in [-0.15, -0.1) is 0 Å². The highest BCUT2D eigenvalue weighted by Gasteiger charge is 2.10. The van der Waals surface area contributed by atoms with Crippen LogP contribution < -0.4 is 16.0 Å². The summed E-state index contributed by atoms with van der Waals surface area (Å²) in [7, 11) is 1.87. The molecule has 0 bridgehead atoms. The third-order valence-electron chi connectivity index (χ3n) is 3.34. The molecule has 1 aliphatic rings. The molecule has 5 nitrogen and oxygen atoms in total. The topological polar surface area (TPSA) is 56.4 Å². The Morgan fingerprint density at radius 1 is 1.16 bits per heavy atom. The van der Waals surface area contributed by atoms with Crippen molar-refractivity contribution in [3.8, 4) is 0 Å². The summed E-state index contributed by atoms with van der Waals surface area (Å²) in [6.45, 7) is 3.95. The Balaban J connectivity index is 1.68. The first-order valence-electron chi connectivity index (χ1n) is 6.83. The molecule has 0 aromatic heterocycles. The van der Waals surface area contributed by atoms with Gasteiger partial charge in [0.1, 0.15) is 0 Å². The molecule has 0 unspecified atom stereocenters. The Morgan fingerprint density at radius 2 is 1.79 bits per heavy atom. The van der Waals surface area contributed by atoms with Gasteiger partial charge in [0.2, 0.25) is 0 Å². The third-order valence-corrected chi connectivity index (χ3v) is 3.34. The van der Waals surface area contributed by atoms with E-state index in [-0.39, 0.29) is 6.03 Å². The van der Waals surface area contributed by atoms with Gasteiger partial charge in [0, 0.05) is 31.5 Å². The van der Waals surface area contributed by atoms with Gasteiger partial charge in [-0.25, -0.2) is 4.79 Å². The van der Waals surface area contributed by atoms with Crippen LogP contribution in [0.15, 0.2) is 24.3 Å². The van der Waals surface area contributed by atoms with Crippen LogP contribution in [0.1, 0.15) is 12.8 Å². The van der Waals surface area contributed by atoms with E-state index in [2.05, 4.69) is 20.9 Å². The third kappa shape index (κ3) is 4.44. The number of urea groups is 1. The first-order chi connectivity index (χ1) is 9.28. The summed E-state index contributed by atoms with van der Waals surface area (Å²) < 4.78 is 0. The lowest BCUT2D eigenvalue weighted by Gasteiger charge is -2.15. The lowest BCUT2D eigenvalue weighted by atomic mass is 10.3. The van der Waals surface area contributed by atoms with Crippen LogP contribution in [0.2, 0.25) is 0 Å². The van der Waals surface area contributed by atoms with E-state index in [1.54, 1.807) is 0 Å². The summed E-state index contributed by atoms with van der Waals surface area (Å²) in [5.74, 6) is 0. The van der Waals surface area contributed by atoms with Crippen LogP contribution in [-0.4, -0.2) is 44.2 Å².